The molecule has 0 aliphatic carbocycles. The molecule has 0 aromatic heterocycles. The minimum Gasteiger partial charge on any atom is -0.383 e. The summed E-state index contributed by atoms with van der Waals surface area (Å²) in [7, 11) is 1.63. The summed E-state index contributed by atoms with van der Waals surface area (Å²) in [6.45, 7) is 2.80. The maximum Gasteiger partial charge on any atom is 0.416 e. The lowest BCUT2D eigenvalue weighted by atomic mass is 10.1. The minimum atomic E-state index is -4.27. The van der Waals surface area contributed by atoms with Crippen LogP contribution in [-0.4, -0.2) is 37.0 Å². The molecule has 0 saturated heterocycles. The molecule has 0 unspecified atom stereocenters. The van der Waals surface area contributed by atoms with E-state index in [0.717, 1.165) is 36.1 Å². The van der Waals surface area contributed by atoms with E-state index >= 15 is 0 Å². The van der Waals surface area contributed by atoms with E-state index in [-0.39, 0.29) is 0 Å². The van der Waals surface area contributed by atoms with Crippen LogP contribution < -0.4 is 0 Å². The first-order valence-corrected chi connectivity index (χ1v) is 7.03. The summed E-state index contributed by atoms with van der Waals surface area (Å²) in [6, 6.07) is 5.30. The highest BCUT2D eigenvalue weighted by atomic mass is 79.9. The van der Waals surface area contributed by atoms with Gasteiger partial charge < -0.3 is 4.74 Å². The van der Waals surface area contributed by atoms with Gasteiger partial charge in [0.15, 0.2) is 0 Å². The molecule has 0 bridgehead atoms. The van der Waals surface area contributed by atoms with Gasteiger partial charge >= 0.3 is 6.18 Å². The Morgan fingerprint density at radius 3 is 2.26 bits per heavy atom. The van der Waals surface area contributed by atoms with E-state index in [1.165, 1.54) is 12.1 Å². The molecule has 1 aromatic carbocycles. The van der Waals surface area contributed by atoms with Crippen LogP contribution in [0.2, 0.25) is 0 Å². The third kappa shape index (κ3) is 5.93. The zero-order valence-corrected chi connectivity index (χ0v) is 12.3. The summed E-state index contributed by atoms with van der Waals surface area (Å²) < 4.78 is 42.3. The fourth-order valence-corrected chi connectivity index (χ4v) is 2.17. The molecular formula is C13H17BrF3NO. The standard InChI is InChI=1S/C13H17BrF3NO/c1-19-9-8-18(7-6-14)10-11-2-4-12(5-3-11)13(15,16)17/h2-5H,6-10H2,1H3. The van der Waals surface area contributed by atoms with Crippen LogP contribution in [0, 0.1) is 0 Å². The van der Waals surface area contributed by atoms with Gasteiger partial charge in [0.2, 0.25) is 0 Å². The van der Waals surface area contributed by atoms with Gasteiger partial charge in [-0.15, -0.1) is 0 Å². The molecule has 1 aromatic rings. The Hall–Kier alpha value is -0.590. The Bertz CT molecular complexity index is 367. The van der Waals surface area contributed by atoms with Crippen LogP contribution in [0.1, 0.15) is 11.1 Å². The first-order chi connectivity index (χ1) is 8.97. The molecule has 19 heavy (non-hydrogen) atoms. The van der Waals surface area contributed by atoms with Crippen LogP contribution in [0.15, 0.2) is 24.3 Å². The van der Waals surface area contributed by atoms with Crippen molar-refractivity contribution in [1.82, 2.24) is 4.90 Å². The van der Waals surface area contributed by atoms with E-state index in [1.54, 1.807) is 7.11 Å². The van der Waals surface area contributed by atoms with E-state index in [9.17, 15) is 13.2 Å². The highest BCUT2D eigenvalue weighted by molar-refractivity contribution is 9.09. The number of nitrogens with zero attached hydrogens (tertiary/aromatic N) is 1. The monoisotopic (exact) mass is 339 g/mol. The molecule has 0 atom stereocenters. The highest BCUT2D eigenvalue weighted by Gasteiger charge is 2.29. The molecule has 108 valence electrons. The number of alkyl halides is 4. The van der Waals surface area contributed by atoms with Crippen molar-refractivity contribution in [3.8, 4) is 0 Å². The molecule has 0 saturated carbocycles. The summed E-state index contributed by atoms with van der Waals surface area (Å²) >= 11 is 3.36. The van der Waals surface area contributed by atoms with Gasteiger partial charge in [-0.1, -0.05) is 28.1 Å². The first kappa shape index (κ1) is 16.5. The third-order valence-corrected chi connectivity index (χ3v) is 3.05. The average Bonchev–Trinajstić information content (AvgIpc) is 2.36. The number of ether oxygens (including phenoxy) is 1. The zero-order valence-electron chi connectivity index (χ0n) is 10.7. The molecule has 0 amide bonds. The predicted octanol–water partition coefficient (Wildman–Crippen LogP) is 3.55. The first-order valence-electron chi connectivity index (χ1n) is 5.90. The number of benzene rings is 1. The Morgan fingerprint density at radius 2 is 1.79 bits per heavy atom. The number of halogens is 4. The molecule has 1 rings (SSSR count). The molecule has 2 nitrogen and oxygen atoms in total. The van der Waals surface area contributed by atoms with Gasteiger partial charge in [0, 0.05) is 32.1 Å². The lowest BCUT2D eigenvalue weighted by Gasteiger charge is -2.21. The molecule has 0 heterocycles. The van der Waals surface area contributed by atoms with Crippen molar-refractivity contribution in [2.75, 3.05) is 32.1 Å². The van der Waals surface area contributed by atoms with Crippen LogP contribution >= 0.6 is 15.9 Å². The fourth-order valence-electron chi connectivity index (χ4n) is 1.67. The Labute approximate surface area is 119 Å². The fraction of sp³-hybridized carbons (Fsp3) is 0.538. The van der Waals surface area contributed by atoms with Crippen LogP contribution in [0.3, 0.4) is 0 Å². The predicted molar refractivity (Wildman–Crippen MR) is 72.4 cm³/mol. The van der Waals surface area contributed by atoms with Crippen molar-refractivity contribution < 1.29 is 17.9 Å². The average molecular weight is 340 g/mol. The van der Waals surface area contributed by atoms with Crippen molar-refractivity contribution in [2.24, 2.45) is 0 Å². The van der Waals surface area contributed by atoms with Gasteiger partial charge in [-0.2, -0.15) is 13.2 Å². The number of hydrogen-bond donors (Lipinski definition) is 0. The summed E-state index contributed by atoms with van der Waals surface area (Å²) in [5, 5.41) is 0.817. The van der Waals surface area contributed by atoms with Gasteiger partial charge in [-0.25, -0.2) is 0 Å². The summed E-state index contributed by atoms with van der Waals surface area (Å²) in [5.41, 5.74) is 0.255. The van der Waals surface area contributed by atoms with Gasteiger partial charge in [0.1, 0.15) is 0 Å². The minimum absolute atomic E-state index is 0.605. The summed E-state index contributed by atoms with van der Waals surface area (Å²) in [5.74, 6) is 0. The quantitative estimate of drug-likeness (QED) is 0.704. The molecular weight excluding hydrogens is 323 g/mol. The van der Waals surface area contributed by atoms with Crippen molar-refractivity contribution in [3.63, 3.8) is 0 Å². The SMILES string of the molecule is COCCN(CCBr)Cc1ccc(C(F)(F)F)cc1. The summed E-state index contributed by atoms with van der Waals surface area (Å²) in [6.07, 6.45) is -4.27. The lowest BCUT2D eigenvalue weighted by Crippen LogP contribution is -2.28. The van der Waals surface area contributed by atoms with Gasteiger partial charge in [-0.3, -0.25) is 4.90 Å². The molecule has 0 aliphatic heterocycles. The number of methoxy groups -OCH3 is 1. The number of hydrogen-bond acceptors (Lipinski definition) is 2. The van der Waals surface area contributed by atoms with Gasteiger partial charge in [0.25, 0.3) is 0 Å². The third-order valence-electron chi connectivity index (χ3n) is 2.70. The van der Waals surface area contributed by atoms with Crippen molar-refractivity contribution in [1.29, 1.82) is 0 Å². The van der Waals surface area contributed by atoms with E-state index < -0.39 is 11.7 Å². The Morgan fingerprint density at radius 1 is 1.16 bits per heavy atom. The van der Waals surface area contributed by atoms with Gasteiger partial charge in [0.05, 0.1) is 12.2 Å². The Kier molecular flexibility index (Phi) is 6.82. The second kappa shape index (κ2) is 7.87. The Balaban J connectivity index is 2.64. The largest absolute Gasteiger partial charge is 0.416 e. The van der Waals surface area contributed by atoms with Gasteiger partial charge in [-0.05, 0) is 17.7 Å². The second-order valence-corrected chi connectivity index (χ2v) is 4.95. The lowest BCUT2D eigenvalue weighted by molar-refractivity contribution is -0.137. The highest BCUT2D eigenvalue weighted by Crippen LogP contribution is 2.29. The van der Waals surface area contributed by atoms with Crippen LogP contribution in [0.4, 0.5) is 13.2 Å². The molecule has 0 fully saturated rings. The van der Waals surface area contributed by atoms with E-state index in [0.29, 0.717) is 13.2 Å². The van der Waals surface area contributed by atoms with E-state index in [2.05, 4.69) is 20.8 Å². The smallest absolute Gasteiger partial charge is 0.383 e. The summed E-state index contributed by atoms with van der Waals surface area (Å²) in [4.78, 5) is 2.13. The molecule has 6 heteroatoms. The number of rotatable bonds is 7. The van der Waals surface area contributed by atoms with E-state index in [4.69, 9.17) is 4.74 Å². The van der Waals surface area contributed by atoms with E-state index in [1.807, 2.05) is 0 Å². The zero-order chi connectivity index (χ0) is 14.3. The maximum absolute atomic E-state index is 12.4. The van der Waals surface area contributed by atoms with Crippen LogP contribution in [-0.2, 0) is 17.5 Å². The van der Waals surface area contributed by atoms with Crippen LogP contribution in [0.5, 0.6) is 0 Å². The van der Waals surface area contributed by atoms with Crippen LogP contribution in [0.25, 0.3) is 0 Å². The molecule has 0 N–H and O–H groups in total. The molecule has 0 spiro atoms. The molecule has 0 aliphatic rings. The maximum atomic E-state index is 12.4. The normalized spacial score (nSPS) is 12.1. The van der Waals surface area contributed by atoms with Crippen molar-refractivity contribution in [2.45, 2.75) is 12.7 Å². The van der Waals surface area contributed by atoms with Crippen molar-refractivity contribution in [3.05, 3.63) is 35.4 Å². The molecule has 0 radical (unpaired) electrons. The second-order valence-electron chi connectivity index (χ2n) is 4.15. The van der Waals surface area contributed by atoms with Crippen molar-refractivity contribution >= 4 is 15.9 Å². The topological polar surface area (TPSA) is 12.5 Å².